The minimum atomic E-state index is -3.27. The Hall–Kier alpha value is -2.26. The quantitative estimate of drug-likeness (QED) is 0.761. The van der Waals surface area contributed by atoms with Crippen molar-refractivity contribution >= 4 is 38.4 Å². The number of sulfone groups is 1. The maximum Gasteiger partial charge on any atom is 0.252 e. The number of amides is 1. The van der Waals surface area contributed by atoms with Gasteiger partial charge in [0.1, 0.15) is 11.6 Å². The predicted octanol–water partition coefficient (Wildman–Crippen LogP) is 2.81. The zero-order valence-corrected chi connectivity index (χ0v) is 16.2. The van der Waals surface area contributed by atoms with Crippen LogP contribution in [0.5, 0.6) is 0 Å². The van der Waals surface area contributed by atoms with Crippen LogP contribution in [-0.2, 0) is 21.1 Å². The molecule has 2 heterocycles. The third-order valence-electron chi connectivity index (χ3n) is 4.65. The third-order valence-corrected chi connectivity index (χ3v) is 7.86. The molecular weight excluding hydrogens is 406 g/mol. The van der Waals surface area contributed by atoms with Gasteiger partial charge < -0.3 is 4.90 Å². The van der Waals surface area contributed by atoms with Gasteiger partial charge in [-0.1, -0.05) is 42.1 Å². The molecule has 0 spiro atoms. The first-order chi connectivity index (χ1) is 13.3. The second kappa shape index (κ2) is 7.29. The summed E-state index contributed by atoms with van der Waals surface area (Å²) in [5.74, 6) is -2.19. The number of carbonyl (C=O) groups excluding carboxylic acids is 1. The molecule has 2 fully saturated rings. The van der Waals surface area contributed by atoms with Gasteiger partial charge in [0.25, 0.3) is 5.91 Å². The minimum Gasteiger partial charge on any atom is -0.313 e. The Morgan fingerprint density at radius 2 is 1.89 bits per heavy atom. The van der Waals surface area contributed by atoms with Gasteiger partial charge in [0.2, 0.25) is 0 Å². The number of anilines is 1. The molecule has 28 heavy (non-hydrogen) atoms. The molecule has 9 heteroatoms. The van der Waals surface area contributed by atoms with Crippen molar-refractivity contribution < 1.29 is 22.0 Å². The average Bonchev–Trinajstić information content (AvgIpc) is 3.07. The molecule has 1 amide bonds. The molecule has 2 aliphatic heterocycles. The summed E-state index contributed by atoms with van der Waals surface area (Å²) in [4.78, 5) is 18.0. The molecule has 0 radical (unpaired) electrons. The lowest BCUT2D eigenvalue weighted by molar-refractivity contribution is -0.117. The topological polar surface area (TPSA) is 66.8 Å². The third kappa shape index (κ3) is 3.81. The van der Waals surface area contributed by atoms with Crippen LogP contribution in [0.25, 0.3) is 0 Å². The van der Waals surface area contributed by atoms with Crippen LogP contribution in [0.15, 0.2) is 53.5 Å². The molecule has 4 rings (SSSR count). The number of nitrogens with zero attached hydrogens (tertiary/aromatic N) is 2. The van der Waals surface area contributed by atoms with Gasteiger partial charge in [0.05, 0.1) is 29.7 Å². The van der Waals surface area contributed by atoms with Crippen LogP contribution in [0.4, 0.5) is 14.5 Å². The Bertz CT molecular complexity index is 1060. The van der Waals surface area contributed by atoms with E-state index in [1.807, 2.05) is 18.2 Å². The first-order valence-electron chi connectivity index (χ1n) is 8.59. The second-order valence-corrected chi connectivity index (χ2v) is 10.1. The van der Waals surface area contributed by atoms with Crippen LogP contribution in [-0.4, -0.2) is 42.3 Å². The summed E-state index contributed by atoms with van der Waals surface area (Å²) in [6.07, 6.45) is 0.0816. The van der Waals surface area contributed by atoms with Gasteiger partial charge in [-0.3, -0.25) is 4.79 Å². The molecule has 0 N–H and O–H groups in total. The molecule has 2 aromatic rings. The van der Waals surface area contributed by atoms with E-state index in [1.54, 1.807) is 12.1 Å². The van der Waals surface area contributed by atoms with Gasteiger partial charge in [0, 0.05) is 11.3 Å². The van der Waals surface area contributed by atoms with Crippen molar-refractivity contribution in [1.29, 1.82) is 0 Å². The monoisotopic (exact) mass is 422 g/mol. The van der Waals surface area contributed by atoms with Crippen molar-refractivity contribution in [3.8, 4) is 0 Å². The van der Waals surface area contributed by atoms with E-state index in [-0.39, 0.29) is 34.0 Å². The summed E-state index contributed by atoms with van der Waals surface area (Å²) in [6, 6.07) is 11.6. The molecule has 0 aromatic heterocycles. The molecule has 0 saturated carbocycles. The van der Waals surface area contributed by atoms with Crippen LogP contribution in [0.2, 0.25) is 0 Å². The molecular formula is C19H16F2N2O3S2. The SMILES string of the molecule is O=C(Cc1ccccc1)N=C1SC2CS(=O)(=O)CC2N1c1ccc(F)cc1F. The van der Waals surface area contributed by atoms with Crippen molar-refractivity contribution in [3.63, 3.8) is 0 Å². The molecule has 2 aliphatic rings. The largest absolute Gasteiger partial charge is 0.313 e. The van der Waals surface area contributed by atoms with Crippen LogP contribution < -0.4 is 4.90 Å². The molecule has 0 aliphatic carbocycles. The van der Waals surface area contributed by atoms with Crippen LogP contribution in [0.3, 0.4) is 0 Å². The summed E-state index contributed by atoms with van der Waals surface area (Å²) in [5, 5.41) is -0.103. The van der Waals surface area contributed by atoms with Gasteiger partial charge in [0.15, 0.2) is 15.0 Å². The van der Waals surface area contributed by atoms with Gasteiger partial charge >= 0.3 is 0 Å². The number of halogens is 2. The summed E-state index contributed by atoms with van der Waals surface area (Å²) in [7, 11) is -3.27. The molecule has 5 nitrogen and oxygen atoms in total. The van der Waals surface area contributed by atoms with E-state index in [0.717, 1.165) is 29.5 Å². The lowest BCUT2D eigenvalue weighted by Crippen LogP contribution is -2.38. The van der Waals surface area contributed by atoms with Crippen molar-refractivity contribution in [2.75, 3.05) is 16.4 Å². The van der Waals surface area contributed by atoms with E-state index in [9.17, 15) is 22.0 Å². The van der Waals surface area contributed by atoms with E-state index >= 15 is 0 Å². The lowest BCUT2D eigenvalue weighted by atomic mass is 10.1. The zero-order valence-electron chi connectivity index (χ0n) is 14.6. The number of fused-ring (bicyclic) bond motifs is 1. The van der Waals surface area contributed by atoms with E-state index in [1.165, 1.54) is 11.0 Å². The highest BCUT2D eigenvalue weighted by atomic mass is 32.2. The number of hydrogen-bond acceptors (Lipinski definition) is 4. The second-order valence-electron chi connectivity index (χ2n) is 6.72. The van der Waals surface area contributed by atoms with Gasteiger partial charge in [-0.25, -0.2) is 17.2 Å². The number of hydrogen-bond donors (Lipinski definition) is 0. The van der Waals surface area contributed by atoms with Crippen LogP contribution in [0, 0.1) is 11.6 Å². The van der Waals surface area contributed by atoms with Crippen molar-refractivity contribution in [2.24, 2.45) is 4.99 Å². The number of amidine groups is 1. The van der Waals surface area contributed by atoms with E-state index in [4.69, 9.17) is 0 Å². The van der Waals surface area contributed by atoms with Crippen molar-refractivity contribution in [3.05, 3.63) is 65.7 Å². The fourth-order valence-electron chi connectivity index (χ4n) is 3.44. The van der Waals surface area contributed by atoms with Crippen molar-refractivity contribution in [1.82, 2.24) is 0 Å². The predicted molar refractivity (Wildman–Crippen MR) is 105 cm³/mol. The Morgan fingerprint density at radius 3 is 2.61 bits per heavy atom. The molecule has 2 saturated heterocycles. The highest BCUT2D eigenvalue weighted by molar-refractivity contribution is 8.16. The van der Waals surface area contributed by atoms with Crippen LogP contribution >= 0.6 is 11.8 Å². The standard InChI is InChI=1S/C19H16F2N2O3S2/c20-13-6-7-15(14(21)9-13)23-16-10-28(25,26)11-17(16)27-19(23)22-18(24)8-12-4-2-1-3-5-12/h1-7,9,16-17H,8,10-11H2. The number of thioether (sulfide) groups is 1. The number of aliphatic imine (C=N–C) groups is 1. The molecule has 2 atom stereocenters. The molecule has 2 unspecified atom stereocenters. The van der Waals surface area contributed by atoms with Crippen molar-refractivity contribution in [2.45, 2.75) is 17.7 Å². The zero-order chi connectivity index (χ0) is 19.9. The fourth-order valence-corrected chi connectivity index (χ4v) is 7.36. The molecule has 146 valence electrons. The molecule has 2 aromatic carbocycles. The molecule has 0 bridgehead atoms. The smallest absolute Gasteiger partial charge is 0.252 e. The Morgan fingerprint density at radius 1 is 1.14 bits per heavy atom. The summed E-state index contributed by atoms with van der Waals surface area (Å²) >= 11 is 1.15. The first-order valence-corrected chi connectivity index (χ1v) is 11.3. The van der Waals surface area contributed by atoms with Gasteiger partial charge in [-0.05, 0) is 17.7 Å². The Balaban J connectivity index is 1.68. The van der Waals surface area contributed by atoms with Gasteiger partial charge in [-0.2, -0.15) is 4.99 Å². The van der Waals surface area contributed by atoms with E-state index in [2.05, 4.69) is 4.99 Å². The summed E-state index contributed by atoms with van der Waals surface area (Å²) in [6.45, 7) is 0. The lowest BCUT2D eigenvalue weighted by Gasteiger charge is -2.24. The fraction of sp³-hybridized carbons (Fsp3) is 0.263. The Kier molecular flexibility index (Phi) is 4.96. The van der Waals surface area contributed by atoms with E-state index < -0.39 is 33.4 Å². The summed E-state index contributed by atoms with van der Waals surface area (Å²) < 4.78 is 51.8. The number of benzene rings is 2. The minimum absolute atomic E-state index is 0.0183. The normalized spacial score (nSPS) is 24.5. The highest BCUT2D eigenvalue weighted by Crippen LogP contribution is 2.41. The maximum atomic E-state index is 14.4. The van der Waals surface area contributed by atoms with E-state index in [0.29, 0.717) is 0 Å². The van der Waals surface area contributed by atoms with Crippen LogP contribution in [0.1, 0.15) is 5.56 Å². The maximum absolute atomic E-state index is 14.4. The average molecular weight is 422 g/mol. The first kappa shape index (κ1) is 19.1. The van der Waals surface area contributed by atoms with Gasteiger partial charge in [-0.15, -0.1) is 0 Å². The number of rotatable bonds is 3. The number of carbonyl (C=O) groups is 1. The Labute approximate surface area is 165 Å². The summed E-state index contributed by atoms with van der Waals surface area (Å²) in [5.41, 5.74) is 0.812. The highest BCUT2D eigenvalue weighted by Gasteiger charge is 2.50.